The smallest absolute Gasteiger partial charge is 0.291 e. The minimum atomic E-state index is -0.332. The Balaban J connectivity index is 0.00000208. The average molecular weight is 356 g/mol. The second-order valence-electron chi connectivity index (χ2n) is 5.65. The van der Waals surface area contributed by atoms with Gasteiger partial charge in [-0.15, -0.1) is 17.5 Å². The van der Waals surface area contributed by atoms with Gasteiger partial charge in [0.15, 0.2) is 5.82 Å². The zero-order valence-electron chi connectivity index (χ0n) is 13.7. The van der Waals surface area contributed by atoms with Crippen molar-refractivity contribution >= 4 is 18.3 Å². The Hall–Kier alpha value is -2.00. The van der Waals surface area contributed by atoms with Crippen LogP contribution in [-0.2, 0) is 0 Å². The summed E-state index contributed by atoms with van der Waals surface area (Å²) in [7, 11) is 0. The second kappa shape index (κ2) is 8.20. The van der Waals surface area contributed by atoms with E-state index in [0.29, 0.717) is 18.1 Å². The number of aromatic nitrogens is 5. The highest BCUT2D eigenvalue weighted by atomic mass is 35.5. The zero-order chi connectivity index (χ0) is 16.2. The van der Waals surface area contributed by atoms with Gasteiger partial charge in [-0.25, -0.2) is 9.67 Å². The van der Waals surface area contributed by atoms with Crippen molar-refractivity contribution in [3.63, 3.8) is 0 Å². The molecule has 24 heavy (non-hydrogen) atoms. The molecule has 0 saturated carbocycles. The molecule has 0 aromatic carbocycles. The van der Waals surface area contributed by atoms with Crippen molar-refractivity contribution in [2.24, 2.45) is 0 Å². The molecule has 1 aliphatic heterocycles. The van der Waals surface area contributed by atoms with Crippen LogP contribution in [0.15, 0.2) is 10.9 Å². The van der Waals surface area contributed by atoms with E-state index in [1.54, 1.807) is 17.9 Å². The van der Waals surface area contributed by atoms with E-state index in [1.807, 2.05) is 6.92 Å². The van der Waals surface area contributed by atoms with E-state index in [1.165, 1.54) is 0 Å². The molecule has 10 heteroatoms. The fraction of sp³-hybridized carbons (Fsp3) is 0.643. The van der Waals surface area contributed by atoms with Gasteiger partial charge >= 0.3 is 0 Å². The van der Waals surface area contributed by atoms with Crippen molar-refractivity contribution in [3.8, 4) is 0 Å². The number of hydrogen-bond acceptors (Lipinski definition) is 7. The SMILES string of the molecule is CCC(NC(=O)c1ncn(C2CCCNC2)n1)c1noc(C)n1.Cl. The molecule has 2 unspecified atom stereocenters. The van der Waals surface area contributed by atoms with Crippen LogP contribution in [-0.4, -0.2) is 43.9 Å². The summed E-state index contributed by atoms with van der Waals surface area (Å²) in [5, 5.41) is 14.3. The van der Waals surface area contributed by atoms with Gasteiger partial charge in [-0.1, -0.05) is 12.1 Å². The molecule has 2 N–H and O–H groups in total. The Morgan fingerprint density at radius 1 is 1.58 bits per heavy atom. The van der Waals surface area contributed by atoms with Crippen LogP contribution in [0.5, 0.6) is 0 Å². The lowest BCUT2D eigenvalue weighted by Crippen LogP contribution is -2.32. The molecule has 3 rings (SSSR count). The number of amides is 1. The van der Waals surface area contributed by atoms with Gasteiger partial charge in [0.2, 0.25) is 11.7 Å². The van der Waals surface area contributed by atoms with Crippen LogP contribution in [0.1, 0.15) is 60.6 Å². The van der Waals surface area contributed by atoms with Gasteiger partial charge in [0.25, 0.3) is 5.91 Å². The standard InChI is InChI=1S/C14H21N7O2.ClH/c1-3-11(12-17-9(2)23-20-12)18-14(22)13-16-8-21(19-13)10-5-4-6-15-7-10;/h8,10-11,15H,3-7H2,1-2H3,(H,18,22);1H. The molecule has 1 fully saturated rings. The number of rotatable bonds is 5. The van der Waals surface area contributed by atoms with Gasteiger partial charge in [0.05, 0.1) is 12.1 Å². The lowest BCUT2D eigenvalue weighted by Gasteiger charge is -2.22. The number of hydrogen-bond donors (Lipinski definition) is 2. The van der Waals surface area contributed by atoms with Gasteiger partial charge in [-0.05, 0) is 25.8 Å². The average Bonchev–Trinajstić information content (AvgIpc) is 3.22. The van der Waals surface area contributed by atoms with Crippen molar-refractivity contribution in [3.05, 3.63) is 23.9 Å². The number of nitrogens with zero attached hydrogens (tertiary/aromatic N) is 5. The Morgan fingerprint density at radius 3 is 3.04 bits per heavy atom. The maximum Gasteiger partial charge on any atom is 0.291 e. The first-order chi connectivity index (χ1) is 11.2. The summed E-state index contributed by atoms with van der Waals surface area (Å²) in [5.74, 6) is 0.769. The molecule has 9 nitrogen and oxygen atoms in total. The van der Waals surface area contributed by atoms with E-state index < -0.39 is 0 Å². The highest BCUT2D eigenvalue weighted by Crippen LogP contribution is 2.16. The van der Waals surface area contributed by atoms with E-state index in [-0.39, 0.29) is 36.2 Å². The summed E-state index contributed by atoms with van der Waals surface area (Å²) < 4.78 is 6.73. The fourth-order valence-corrected chi connectivity index (χ4v) is 2.64. The first-order valence-corrected chi connectivity index (χ1v) is 7.90. The summed E-state index contributed by atoms with van der Waals surface area (Å²) >= 11 is 0. The summed E-state index contributed by atoms with van der Waals surface area (Å²) in [6.45, 7) is 5.54. The monoisotopic (exact) mass is 355 g/mol. The molecule has 0 spiro atoms. The van der Waals surface area contributed by atoms with Crippen LogP contribution >= 0.6 is 12.4 Å². The van der Waals surface area contributed by atoms with Gasteiger partial charge in [-0.2, -0.15) is 4.98 Å². The largest absolute Gasteiger partial charge is 0.340 e. The van der Waals surface area contributed by atoms with Crippen LogP contribution in [0.3, 0.4) is 0 Å². The van der Waals surface area contributed by atoms with Gasteiger partial charge in [-0.3, -0.25) is 4.79 Å². The van der Waals surface area contributed by atoms with Gasteiger partial charge in [0.1, 0.15) is 6.33 Å². The summed E-state index contributed by atoms with van der Waals surface area (Å²) in [5.41, 5.74) is 0. The maximum atomic E-state index is 12.3. The molecule has 2 aromatic heterocycles. The Labute approximate surface area is 146 Å². The van der Waals surface area contributed by atoms with Gasteiger partial charge < -0.3 is 15.2 Å². The molecule has 1 saturated heterocycles. The molecule has 0 bridgehead atoms. The predicted molar refractivity (Wildman–Crippen MR) is 87.9 cm³/mol. The van der Waals surface area contributed by atoms with E-state index in [0.717, 1.165) is 25.9 Å². The number of halogens is 1. The van der Waals surface area contributed by atoms with Crippen molar-refractivity contribution in [2.45, 2.75) is 45.2 Å². The fourth-order valence-electron chi connectivity index (χ4n) is 2.64. The second-order valence-corrected chi connectivity index (χ2v) is 5.65. The number of piperidine rings is 1. The molecule has 0 aliphatic carbocycles. The molecular formula is C14H22ClN7O2. The van der Waals surface area contributed by atoms with Crippen molar-refractivity contribution in [2.75, 3.05) is 13.1 Å². The van der Waals surface area contributed by atoms with Crippen LogP contribution < -0.4 is 10.6 Å². The third kappa shape index (κ3) is 4.09. The van der Waals surface area contributed by atoms with E-state index in [2.05, 4.69) is 30.9 Å². The molecular weight excluding hydrogens is 334 g/mol. The van der Waals surface area contributed by atoms with Crippen molar-refractivity contribution in [1.29, 1.82) is 0 Å². The quantitative estimate of drug-likeness (QED) is 0.828. The Bertz CT molecular complexity index is 666. The minimum Gasteiger partial charge on any atom is -0.340 e. The molecule has 1 aliphatic rings. The molecule has 2 aromatic rings. The minimum absolute atomic E-state index is 0. The number of nitrogens with one attached hydrogen (secondary N) is 2. The summed E-state index contributed by atoms with van der Waals surface area (Å²) in [6, 6.07) is -0.0668. The summed E-state index contributed by atoms with van der Waals surface area (Å²) in [6.07, 6.45) is 4.41. The number of aryl methyl sites for hydroxylation is 1. The normalized spacial score (nSPS) is 18.7. The maximum absolute atomic E-state index is 12.3. The highest BCUT2D eigenvalue weighted by Gasteiger charge is 2.22. The van der Waals surface area contributed by atoms with E-state index >= 15 is 0 Å². The van der Waals surface area contributed by atoms with Crippen molar-refractivity contribution in [1.82, 2.24) is 35.5 Å². The molecule has 0 radical (unpaired) electrons. The van der Waals surface area contributed by atoms with Crippen LogP contribution in [0, 0.1) is 6.92 Å². The lowest BCUT2D eigenvalue weighted by atomic mass is 10.1. The van der Waals surface area contributed by atoms with Gasteiger partial charge in [0, 0.05) is 13.5 Å². The first kappa shape index (κ1) is 18.3. The lowest BCUT2D eigenvalue weighted by molar-refractivity contribution is 0.0922. The van der Waals surface area contributed by atoms with E-state index in [9.17, 15) is 4.79 Å². The van der Waals surface area contributed by atoms with E-state index in [4.69, 9.17) is 4.52 Å². The van der Waals surface area contributed by atoms with Crippen LogP contribution in [0.4, 0.5) is 0 Å². The Kier molecular flexibility index (Phi) is 6.27. The zero-order valence-corrected chi connectivity index (χ0v) is 14.5. The molecule has 3 heterocycles. The Morgan fingerprint density at radius 2 is 2.42 bits per heavy atom. The topological polar surface area (TPSA) is 111 Å². The number of carbonyl (C=O) groups is 1. The molecule has 1 amide bonds. The predicted octanol–water partition coefficient (Wildman–Crippen LogP) is 1.20. The molecule has 132 valence electrons. The van der Waals surface area contributed by atoms with Crippen LogP contribution in [0.2, 0.25) is 0 Å². The van der Waals surface area contributed by atoms with Crippen molar-refractivity contribution < 1.29 is 9.32 Å². The molecule has 2 atom stereocenters. The van der Waals surface area contributed by atoms with Crippen LogP contribution in [0.25, 0.3) is 0 Å². The third-order valence-corrected chi connectivity index (χ3v) is 3.93. The third-order valence-electron chi connectivity index (χ3n) is 3.93. The highest BCUT2D eigenvalue weighted by molar-refractivity contribution is 5.90. The first-order valence-electron chi connectivity index (χ1n) is 7.90. The summed E-state index contributed by atoms with van der Waals surface area (Å²) in [4.78, 5) is 20.6. The number of carbonyl (C=O) groups excluding carboxylic acids is 1.